The molecule has 1 aromatic rings. The van der Waals surface area contributed by atoms with Gasteiger partial charge in [0.15, 0.2) is 0 Å². The summed E-state index contributed by atoms with van der Waals surface area (Å²) in [6, 6.07) is 3.17. The summed E-state index contributed by atoms with van der Waals surface area (Å²) in [7, 11) is 0. The zero-order valence-corrected chi connectivity index (χ0v) is 12.5. The van der Waals surface area contributed by atoms with Gasteiger partial charge in [-0.25, -0.2) is 4.98 Å². The van der Waals surface area contributed by atoms with E-state index in [9.17, 15) is 14.7 Å². The van der Waals surface area contributed by atoms with E-state index in [2.05, 4.69) is 10.3 Å². The molecule has 1 aliphatic carbocycles. The lowest BCUT2D eigenvalue weighted by molar-refractivity contribution is -0.152. The first kappa shape index (κ1) is 15.8. The Balaban J connectivity index is 2.06. The van der Waals surface area contributed by atoms with Crippen molar-refractivity contribution in [2.75, 3.05) is 5.32 Å². The van der Waals surface area contributed by atoms with Crippen molar-refractivity contribution in [3.63, 3.8) is 0 Å². The van der Waals surface area contributed by atoms with Crippen LogP contribution in [0.1, 0.15) is 44.9 Å². The lowest BCUT2D eigenvalue weighted by Crippen LogP contribution is -2.35. The number of rotatable bonds is 4. The van der Waals surface area contributed by atoms with E-state index in [4.69, 9.17) is 11.6 Å². The molecule has 0 radical (unpaired) electrons. The van der Waals surface area contributed by atoms with Crippen LogP contribution in [0, 0.1) is 5.41 Å². The lowest BCUT2D eigenvalue weighted by Gasteiger charge is -2.27. The Morgan fingerprint density at radius 2 is 1.95 bits per heavy atom. The normalized spacial score (nSPS) is 17.8. The summed E-state index contributed by atoms with van der Waals surface area (Å²) in [5, 5.41) is 12.6. The van der Waals surface area contributed by atoms with Crippen molar-refractivity contribution in [3.8, 4) is 0 Å². The fourth-order valence-electron chi connectivity index (χ4n) is 2.86. The van der Waals surface area contributed by atoms with E-state index in [0.717, 1.165) is 25.7 Å². The number of carbonyl (C=O) groups excluding carboxylic acids is 1. The van der Waals surface area contributed by atoms with E-state index < -0.39 is 11.4 Å². The average Bonchev–Trinajstić information content (AvgIpc) is 2.65. The quantitative estimate of drug-likeness (QED) is 0.659. The number of anilines is 1. The van der Waals surface area contributed by atoms with E-state index in [-0.39, 0.29) is 17.5 Å². The van der Waals surface area contributed by atoms with Crippen LogP contribution in [0.5, 0.6) is 0 Å². The van der Waals surface area contributed by atoms with Gasteiger partial charge in [-0.3, -0.25) is 9.59 Å². The molecule has 114 valence electrons. The Morgan fingerprint density at radius 1 is 1.29 bits per heavy atom. The average molecular weight is 311 g/mol. The molecule has 5 nitrogen and oxygen atoms in total. The molecule has 21 heavy (non-hydrogen) atoms. The SMILES string of the molecule is O=C(CC1(C(=O)O)CCCCCC1)Nc1ccnc(Cl)c1. The van der Waals surface area contributed by atoms with Crippen molar-refractivity contribution in [1.29, 1.82) is 0 Å². The molecule has 1 heterocycles. The van der Waals surface area contributed by atoms with Gasteiger partial charge >= 0.3 is 5.97 Å². The molecule has 0 unspecified atom stereocenters. The molecule has 0 bridgehead atoms. The van der Waals surface area contributed by atoms with Crippen LogP contribution in [-0.4, -0.2) is 22.0 Å². The third-order valence-corrected chi connectivity index (χ3v) is 4.23. The second-order valence-electron chi connectivity index (χ2n) is 5.59. The van der Waals surface area contributed by atoms with Gasteiger partial charge in [0.2, 0.25) is 5.91 Å². The monoisotopic (exact) mass is 310 g/mol. The summed E-state index contributed by atoms with van der Waals surface area (Å²) in [6.07, 6.45) is 6.42. The van der Waals surface area contributed by atoms with Crippen LogP contribution in [0.25, 0.3) is 0 Å². The predicted molar refractivity (Wildman–Crippen MR) is 80.3 cm³/mol. The Kier molecular flexibility index (Phi) is 5.17. The first-order valence-corrected chi connectivity index (χ1v) is 7.54. The van der Waals surface area contributed by atoms with E-state index in [1.807, 2.05) is 0 Å². The maximum atomic E-state index is 12.2. The van der Waals surface area contributed by atoms with Crippen LogP contribution in [0.2, 0.25) is 5.15 Å². The molecule has 2 rings (SSSR count). The van der Waals surface area contributed by atoms with Gasteiger partial charge in [0.1, 0.15) is 5.15 Å². The molecule has 1 fully saturated rings. The standard InChI is InChI=1S/C15H19ClN2O3/c16-12-9-11(5-8-17-12)18-13(19)10-15(14(20)21)6-3-1-2-4-7-15/h5,8-9H,1-4,6-7,10H2,(H,20,21)(H,17,18,19). The fraction of sp³-hybridized carbons (Fsp3) is 0.533. The Hall–Kier alpha value is -1.62. The van der Waals surface area contributed by atoms with E-state index in [0.29, 0.717) is 18.5 Å². The van der Waals surface area contributed by atoms with E-state index >= 15 is 0 Å². The van der Waals surface area contributed by atoms with Crippen molar-refractivity contribution in [2.24, 2.45) is 5.41 Å². The highest BCUT2D eigenvalue weighted by atomic mass is 35.5. The number of carboxylic acids is 1. The van der Waals surface area contributed by atoms with Gasteiger partial charge in [0, 0.05) is 18.3 Å². The Morgan fingerprint density at radius 3 is 2.52 bits per heavy atom. The molecule has 0 aliphatic heterocycles. The van der Waals surface area contributed by atoms with Gasteiger partial charge in [-0.2, -0.15) is 0 Å². The molecule has 1 aliphatic rings. The zero-order chi connectivity index (χ0) is 15.3. The minimum atomic E-state index is -0.933. The van der Waals surface area contributed by atoms with Gasteiger partial charge in [0.25, 0.3) is 0 Å². The molecule has 0 spiro atoms. The van der Waals surface area contributed by atoms with Crippen molar-refractivity contribution in [3.05, 3.63) is 23.5 Å². The highest BCUT2D eigenvalue weighted by Crippen LogP contribution is 2.38. The fourth-order valence-corrected chi connectivity index (χ4v) is 3.04. The number of aliphatic carboxylic acids is 1. The highest BCUT2D eigenvalue weighted by molar-refractivity contribution is 6.29. The molecule has 1 amide bonds. The number of hydrogen-bond acceptors (Lipinski definition) is 3. The minimum absolute atomic E-state index is 0.00226. The van der Waals surface area contributed by atoms with E-state index in [1.165, 1.54) is 6.20 Å². The largest absolute Gasteiger partial charge is 0.481 e. The number of halogens is 1. The first-order valence-electron chi connectivity index (χ1n) is 7.17. The van der Waals surface area contributed by atoms with Crippen molar-refractivity contribution in [2.45, 2.75) is 44.9 Å². The van der Waals surface area contributed by atoms with Gasteiger partial charge < -0.3 is 10.4 Å². The van der Waals surface area contributed by atoms with Crippen molar-refractivity contribution in [1.82, 2.24) is 4.98 Å². The van der Waals surface area contributed by atoms with Crippen LogP contribution >= 0.6 is 11.6 Å². The predicted octanol–water partition coefficient (Wildman–Crippen LogP) is 3.49. The second kappa shape index (κ2) is 6.89. The number of amides is 1. The molecule has 1 aromatic heterocycles. The van der Waals surface area contributed by atoms with Gasteiger partial charge in [-0.05, 0) is 25.0 Å². The molecule has 0 saturated heterocycles. The summed E-state index contributed by atoms with van der Waals surface area (Å²) < 4.78 is 0. The summed E-state index contributed by atoms with van der Waals surface area (Å²) in [5.74, 6) is -1.16. The third kappa shape index (κ3) is 4.17. The molecular formula is C15H19ClN2O3. The Labute approximate surface area is 128 Å². The molecule has 2 N–H and O–H groups in total. The van der Waals surface area contributed by atoms with Crippen LogP contribution < -0.4 is 5.32 Å². The smallest absolute Gasteiger partial charge is 0.310 e. The van der Waals surface area contributed by atoms with E-state index in [1.54, 1.807) is 12.1 Å². The molecule has 0 aromatic carbocycles. The highest BCUT2D eigenvalue weighted by Gasteiger charge is 2.40. The number of carbonyl (C=O) groups is 2. The van der Waals surface area contributed by atoms with Crippen LogP contribution in [-0.2, 0) is 9.59 Å². The minimum Gasteiger partial charge on any atom is -0.481 e. The number of aromatic nitrogens is 1. The number of nitrogens with one attached hydrogen (secondary N) is 1. The maximum absolute atomic E-state index is 12.2. The van der Waals surface area contributed by atoms with Crippen LogP contribution in [0.15, 0.2) is 18.3 Å². The first-order chi connectivity index (χ1) is 10.0. The second-order valence-corrected chi connectivity index (χ2v) is 5.98. The van der Waals surface area contributed by atoms with Crippen LogP contribution in [0.4, 0.5) is 5.69 Å². The number of carboxylic acid groups (broad SMARTS) is 1. The summed E-state index contributed by atoms with van der Waals surface area (Å²) in [6.45, 7) is 0. The van der Waals surface area contributed by atoms with Gasteiger partial charge in [-0.15, -0.1) is 0 Å². The van der Waals surface area contributed by atoms with Crippen LogP contribution in [0.3, 0.4) is 0 Å². The molecule has 0 atom stereocenters. The number of nitrogens with zero attached hydrogens (tertiary/aromatic N) is 1. The number of pyridine rings is 1. The van der Waals surface area contributed by atoms with Gasteiger partial charge in [-0.1, -0.05) is 37.3 Å². The molecular weight excluding hydrogens is 292 g/mol. The number of hydrogen-bond donors (Lipinski definition) is 2. The summed E-state index contributed by atoms with van der Waals surface area (Å²) >= 11 is 5.76. The van der Waals surface area contributed by atoms with Gasteiger partial charge in [0.05, 0.1) is 5.41 Å². The Bertz CT molecular complexity index is 525. The van der Waals surface area contributed by atoms with Crippen molar-refractivity contribution < 1.29 is 14.7 Å². The van der Waals surface area contributed by atoms with Crippen molar-refractivity contribution >= 4 is 29.2 Å². The lowest BCUT2D eigenvalue weighted by atomic mass is 9.77. The topological polar surface area (TPSA) is 79.3 Å². The zero-order valence-electron chi connectivity index (χ0n) is 11.8. The summed E-state index contributed by atoms with van der Waals surface area (Å²) in [4.78, 5) is 27.7. The maximum Gasteiger partial charge on any atom is 0.310 e. The summed E-state index contributed by atoms with van der Waals surface area (Å²) in [5.41, 5.74) is -0.397. The molecule has 1 saturated carbocycles. The molecule has 6 heteroatoms. The third-order valence-electron chi connectivity index (χ3n) is 4.02.